The van der Waals surface area contributed by atoms with Crippen molar-refractivity contribution >= 4 is 38.5 Å². The third-order valence-electron chi connectivity index (χ3n) is 4.58. The topological polar surface area (TPSA) is 91.1 Å². The zero-order chi connectivity index (χ0) is 18.1. The standard InChI is InChI=1S/C18H19BrN6O/c19-14-8-15-16(23-18(14)26)7-12(9-21-15)11-24-3-5-25(6-4-24)17-2-1-13(20)10-22-17/h1-2,7-10H,3-6,11,20H2,(H,23,26). The molecule has 134 valence electrons. The molecule has 0 amide bonds. The van der Waals surface area contributed by atoms with Gasteiger partial charge in [-0.25, -0.2) is 4.98 Å². The van der Waals surface area contributed by atoms with Gasteiger partial charge in [-0.05, 0) is 45.8 Å². The van der Waals surface area contributed by atoms with Gasteiger partial charge in [-0.2, -0.15) is 0 Å². The van der Waals surface area contributed by atoms with E-state index in [-0.39, 0.29) is 5.56 Å². The smallest absolute Gasteiger partial charge is 0.262 e. The zero-order valence-corrected chi connectivity index (χ0v) is 15.7. The lowest BCUT2D eigenvalue weighted by Gasteiger charge is -2.35. The van der Waals surface area contributed by atoms with Crippen molar-refractivity contribution in [2.45, 2.75) is 6.54 Å². The van der Waals surface area contributed by atoms with Crippen LogP contribution in [0.2, 0.25) is 0 Å². The highest BCUT2D eigenvalue weighted by Crippen LogP contribution is 2.18. The summed E-state index contributed by atoms with van der Waals surface area (Å²) in [6, 6.07) is 7.60. The van der Waals surface area contributed by atoms with Crippen molar-refractivity contribution in [1.29, 1.82) is 0 Å². The molecule has 4 rings (SSSR count). The molecule has 8 heteroatoms. The fourth-order valence-electron chi connectivity index (χ4n) is 3.17. The summed E-state index contributed by atoms with van der Waals surface area (Å²) < 4.78 is 0.498. The molecule has 0 atom stereocenters. The van der Waals surface area contributed by atoms with E-state index in [0.29, 0.717) is 10.2 Å². The molecule has 0 saturated carbocycles. The molecule has 1 aliphatic heterocycles. The van der Waals surface area contributed by atoms with Gasteiger partial charge in [-0.1, -0.05) is 0 Å². The van der Waals surface area contributed by atoms with Crippen molar-refractivity contribution in [3.8, 4) is 0 Å². The number of H-pyrrole nitrogens is 1. The van der Waals surface area contributed by atoms with Gasteiger partial charge in [-0.3, -0.25) is 14.7 Å². The summed E-state index contributed by atoms with van der Waals surface area (Å²) in [5.41, 5.74) is 8.88. The van der Waals surface area contributed by atoms with Gasteiger partial charge >= 0.3 is 0 Å². The normalized spacial score (nSPS) is 15.5. The van der Waals surface area contributed by atoms with Crippen LogP contribution in [0.4, 0.5) is 11.5 Å². The van der Waals surface area contributed by atoms with E-state index in [1.807, 2.05) is 24.4 Å². The van der Waals surface area contributed by atoms with Crippen molar-refractivity contribution in [1.82, 2.24) is 19.9 Å². The van der Waals surface area contributed by atoms with E-state index in [0.717, 1.165) is 55.1 Å². The Kier molecular flexibility index (Phi) is 4.60. The molecule has 3 N–H and O–H groups in total. The minimum Gasteiger partial charge on any atom is -0.397 e. The third kappa shape index (κ3) is 3.56. The number of fused-ring (bicyclic) bond motifs is 1. The van der Waals surface area contributed by atoms with Gasteiger partial charge in [0.2, 0.25) is 0 Å². The maximum absolute atomic E-state index is 11.8. The van der Waals surface area contributed by atoms with E-state index in [4.69, 9.17) is 5.73 Å². The Balaban J connectivity index is 1.42. The summed E-state index contributed by atoms with van der Waals surface area (Å²) in [6.45, 7) is 4.54. The molecule has 0 bridgehead atoms. The Hall–Kier alpha value is -2.45. The molecule has 1 saturated heterocycles. The highest BCUT2D eigenvalue weighted by molar-refractivity contribution is 9.10. The van der Waals surface area contributed by atoms with E-state index >= 15 is 0 Å². The Morgan fingerprint density at radius 2 is 1.92 bits per heavy atom. The van der Waals surface area contributed by atoms with Crippen molar-refractivity contribution in [2.75, 3.05) is 36.8 Å². The van der Waals surface area contributed by atoms with Gasteiger partial charge < -0.3 is 15.6 Å². The molecular weight excluding hydrogens is 396 g/mol. The van der Waals surface area contributed by atoms with Crippen molar-refractivity contribution in [3.63, 3.8) is 0 Å². The zero-order valence-electron chi connectivity index (χ0n) is 14.2. The first-order valence-corrected chi connectivity index (χ1v) is 9.24. The van der Waals surface area contributed by atoms with Crippen LogP contribution in [0.15, 0.2) is 45.9 Å². The predicted octanol–water partition coefficient (Wildman–Crippen LogP) is 1.98. The van der Waals surface area contributed by atoms with Crippen LogP contribution in [0.3, 0.4) is 0 Å². The van der Waals surface area contributed by atoms with E-state index in [1.54, 1.807) is 12.3 Å². The molecule has 0 radical (unpaired) electrons. The molecular formula is C18H19BrN6O. The number of hydrogen-bond acceptors (Lipinski definition) is 6. The number of nitrogen functional groups attached to an aromatic ring is 1. The second kappa shape index (κ2) is 7.05. The number of nitrogens with zero attached hydrogens (tertiary/aromatic N) is 4. The number of anilines is 2. The summed E-state index contributed by atoms with van der Waals surface area (Å²) in [4.78, 5) is 28.1. The Morgan fingerprint density at radius 3 is 2.65 bits per heavy atom. The summed E-state index contributed by atoms with van der Waals surface area (Å²) >= 11 is 3.23. The Labute approximate surface area is 159 Å². The van der Waals surface area contributed by atoms with E-state index < -0.39 is 0 Å². The lowest BCUT2D eigenvalue weighted by atomic mass is 10.2. The lowest BCUT2D eigenvalue weighted by Crippen LogP contribution is -2.46. The van der Waals surface area contributed by atoms with Crippen LogP contribution in [-0.2, 0) is 6.54 Å². The molecule has 1 fully saturated rings. The molecule has 0 unspecified atom stereocenters. The van der Waals surface area contributed by atoms with Crippen LogP contribution < -0.4 is 16.2 Å². The molecule has 0 aliphatic carbocycles. The maximum Gasteiger partial charge on any atom is 0.262 e. The number of aromatic amines is 1. The Bertz CT molecular complexity index is 979. The number of rotatable bonds is 3. The molecule has 3 aromatic rings. The van der Waals surface area contributed by atoms with Gasteiger partial charge in [0.05, 0.1) is 27.4 Å². The molecule has 1 aliphatic rings. The second-order valence-corrected chi connectivity index (χ2v) is 7.29. The number of piperazine rings is 1. The van der Waals surface area contributed by atoms with Gasteiger partial charge in [0, 0.05) is 38.9 Å². The molecule has 3 aromatic heterocycles. The summed E-state index contributed by atoms with van der Waals surface area (Å²) in [6.07, 6.45) is 3.57. The van der Waals surface area contributed by atoms with Crippen LogP contribution >= 0.6 is 15.9 Å². The van der Waals surface area contributed by atoms with Gasteiger partial charge in [0.25, 0.3) is 5.56 Å². The molecule has 0 spiro atoms. The molecule has 7 nitrogen and oxygen atoms in total. The SMILES string of the molecule is Nc1ccc(N2CCN(Cc3cnc4cc(Br)c(=O)[nH]c4c3)CC2)nc1. The van der Waals surface area contributed by atoms with E-state index in [9.17, 15) is 4.79 Å². The minimum atomic E-state index is -0.138. The number of pyridine rings is 3. The highest BCUT2D eigenvalue weighted by Gasteiger charge is 2.18. The second-order valence-electron chi connectivity index (χ2n) is 6.44. The fraction of sp³-hybridized carbons (Fsp3) is 0.278. The van der Waals surface area contributed by atoms with Crippen molar-refractivity contribution in [3.05, 3.63) is 57.0 Å². The molecule has 26 heavy (non-hydrogen) atoms. The molecule has 0 aromatic carbocycles. The summed E-state index contributed by atoms with van der Waals surface area (Å²) in [7, 11) is 0. The van der Waals surface area contributed by atoms with Gasteiger partial charge in [0.15, 0.2) is 0 Å². The van der Waals surface area contributed by atoms with Gasteiger partial charge in [0.1, 0.15) is 5.82 Å². The van der Waals surface area contributed by atoms with E-state index in [2.05, 4.69) is 40.7 Å². The number of aromatic nitrogens is 3. The predicted molar refractivity (Wildman–Crippen MR) is 106 cm³/mol. The van der Waals surface area contributed by atoms with Crippen LogP contribution in [0.25, 0.3) is 11.0 Å². The lowest BCUT2D eigenvalue weighted by molar-refractivity contribution is 0.249. The van der Waals surface area contributed by atoms with Crippen molar-refractivity contribution in [2.24, 2.45) is 0 Å². The number of nitrogens with one attached hydrogen (secondary N) is 1. The monoisotopic (exact) mass is 414 g/mol. The Morgan fingerprint density at radius 1 is 1.12 bits per heavy atom. The first-order valence-electron chi connectivity index (χ1n) is 8.45. The van der Waals surface area contributed by atoms with Crippen LogP contribution in [0.1, 0.15) is 5.56 Å². The first-order chi connectivity index (χ1) is 12.6. The number of hydrogen-bond donors (Lipinski definition) is 2. The minimum absolute atomic E-state index is 0.138. The van der Waals surface area contributed by atoms with Crippen molar-refractivity contribution < 1.29 is 0 Å². The van der Waals surface area contributed by atoms with Crippen LogP contribution in [0, 0.1) is 0 Å². The third-order valence-corrected chi connectivity index (χ3v) is 5.17. The first kappa shape index (κ1) is 17.0. The average molecular weight is 415 g/mol. The number of halogens is 1. The summed E-state index contributed by atoms with van der Waals surface area (Å²) in [5.74, 6) is 0.967. The van der Waals surface area contributed by atoms with Crippen LogP contribution in [0.5, 0.6) is 0 Å². The number of nitrogens with two attached hydrogens (primary N) is 1. The van der Waals surface area contributed by atoms with Gasteiger partial charge in [-0.15, -0.1) is 0 Å². The maximum atomic E-state index is 11.8. The van der Waals surface area contributed by atoms with Crippen LogP contribution in [-0.4, -0.2) is 46.0 Å². The van der Waals surface area contributed by atoms with E-state index in [1.165, 1.54) is 0 Å². The largest absolute Gasteiger partial charge is 0.397 e. The summed E-state index contributed by atoms with van der Waals surface area (Å²) in [5, 5.41) is 0. The highest BCUT2D eigenvalue weighted by atomic mass is 79.9. The quantitative estimate of drug-likeness (QED) is 0.680. The molecule has 4 heterocycles. The average Bonchev–Trinajstić information content (AvgIpc) is 2.64. The fourth-order valence-corrected chi connectivity index (χ4v) is 3.48.